The van der Waals surface area contributed by atoms with Gasteiger partial charge in [-0.15, -0.1) is 0 Å². The molecule has 0 amide bonds. The number of aliphatic hydroxyl groups is 1. The van der Waals surface area contributed by atoms with Gasteiger partial charge in [-0.2, -0.15) is 13.2 Å². The third-order valence-electron chi connectivity index (χ3n) is 3.94. The molecule has 1 atom stereocenters. The standard InChI is InChI=1S/C14H16F3N5O5S/c1-21-7-6-20-12(21)13(23,14(15,16)17)4-5-19-10-3-2-9(22(24)25)8-11(10)28(18,26)27/h2-3,6-8,19,23H,4-5H2,1H3,(H2,18,26,27). The molecule has 2 rings (SSSR count). The van der Waals surface area contributed by atoms with E-state index in [1.54, 1.807) is 0 Å². The average molecular weight is 423 g/mol. The second-order valence-electron chi connectivity index (χ2n) is 5.88. The number of halogens is 3. The molecule has 2 aromatic rings. The van der Waals surface area contributed by atoms with E-state index < -0.39 is 56.1 Å². The molecule has 0 spiro atoms. The number of non-ortho nitro benzene ring substituents is 1. The Labute approximate surface area is 157 Å². The third kappa shape index (κ3) is 4.23. The Morgan fingerprint density at radius 1 is 1.39 bits per heavy atom. The Bertz CT molecular complexity index is 991. The summed E-state index contributed by atoms with van der Waals surface area (Å²) < 4.78 is 64.7. The zero-order valence-corrected chi connectivity index (χ0v) is 15.2. The summed E-state index contributed by atoms with van der Waals surface area (Å²) in [7, 11) is -3.12. The molecule has 0 saturated carbocycles. The van der Waals surface area contributed by atoms with Crippen LogP contribution in [0.5, 0.6) is 0 Å². The first-order chi connectivity index (χ1) is 12.8. The first-order valence-corrected chi connectivity index (χ1v) is 9.14. The first kappa shape index (κ1) is 21.6. The van der Waals surface area contributed by atoms with E-state index >= 15 is 0 Å². The van der Waals surface area contributed by atoms with Crippen LogP contribution in [0.25, 0.3) is 0 Å². The van der Waals surface area contributed by atoms with Gasteiger partial charge in [0.05, 0.1) is 10.6 Å². The number of nitro benzene ring substituents is 1. The van der Waals surface area contributed by atoms with E-state index in [2.05, 4.69) is 10.3 Å². The van der Waals surface area contributed by atoms with Crippen LogP contribution in [0.4, 0.5) is 24.5 Å². The Morgan fingerprint density at radius 3 is 2.50 bits per heavy atom. The van der Waals surface area contributed by atoms with Crippen LogP contribution in [-0.4, -0.2) is 40.7 Å². The highest BCUT2D eigenvalue weighted by atomic mass is 32.2. The highest BCUT2D eigenvalue weighted by Gasteiger charge is 2.57. The highest BCUT2D eigenvalue weighted by molar-refractivity contribution is 7.89. The molecule has 28 heavy (non-hydrogen) atoms. The van der Waals surface area contributed by atoms with E-state index in [4.69, 9.17) is 5.14 Å². The number of hydrogen-bond donors (Lipinski definition) is 3. The van der Waals surface area contributed by atoms with E-state index in [9.17, 15) is 36.8 Å². The lowest BCUT2D eigenvalue weighted by Gasteiger charge is -2.30. The molecule has 4 N–H and O–H groups in total. The number of imidazole rings is 1. The van der Waals surface area contributed by atoms with Crippen LogP contribution in [0.2, 0.25) is 0 Å². The number of anilines is 1. The number of sulfonamides is 1. The maximum atomic E-state index is 13.5. The Kier molecular flexibility index (Phi) is 5.68. The molecule has 10 nitrogen and oxygen atoms in total. The third-order valence-corrected chi connectivity index (χ3v) is 4.90. The van der Waals surface area contributed by atoms with Gasteiger partial charge in [-0.1, -0.05) is 0 Å². The number of aromatic nitrogens is 2. The minimum atomic E-state index is -5.06. The molecule has 14 heteroatoms. The summed E-state index contributed by atoms with van der Waals surface area (Å²) >= 11 is 0. The molecule has 1 heterocycles. The Balaban J connectivity index is 2.31. The van der Waals surface area contributed by atoms with Crippen molar-refractivity contribution in [1.29, 1.82) is 0 Å². The first-order valence-electron chi connectivity index (χ1n) is 7.59. The summed E-state index contributed by atoms with van der Waals surface area (Å²) in [4.78, 5) is 12.8. The van der Waals surface area contributed by atoms with Gasteiger partial charge < -0.3 is 15.0 Å². The second kappa shape index (κ2) is 7.37. The largest absolute Gasteiger partial charge is 0.424 e. The molecular formula is C14H16F3N5O5S. The number of nitrogens with one attached hydrogen (secondary N) is 1. The normalized spacial score (nSPS) is 14.5. The van der Waals surface area contributed by atoms with Crippen molar-refractivity contribution in [2.45, 2.75) is 23.1 Å². The number of benzene rings is 1. The van der Waals surface area contributed by atoms with Crippen LogP contribution in [0.15, 0.2) is 35.5 Å². The fourth-order valence-electron chi connectivity index (χ4n) is 2.53. The molecule has 0 aliphatic carbocycles. The SMILES string of the molecule is Cn1ccnc1C(O)(CCNc1ccc([N+](=O)[O-])cc1S(N)(=O)=O)C(F)(F)F. The Hall–Kier alpha value is -2.71. The topological polar surface area (TPSA) is 153 Å². The number of nitrogens with two attached hydrogens (primary N) is 1. The zero-order chi connectivity index (χ0) is 21.3. The van der Waals surface area contributed by atoms with E-state index in [0.717, 1.165) is 22.9 Å². The van der Waals surface area contributed by atoms with Crippen LogP contribution in [0.3, 0.4) is 0 Å². The molecule has 0 aliphatic heterocycles. The van der Waals surface area contributed by atoms with Crippen molar-refractivity contribution in [2.24, 2.45) is 12.2 Å². The second-order valence-corrected chi connectivity index (χ2v) is 7.41. The van der Waals surface area contributed by atoms with Gasteiger partial charge in [0, 0.05) is 44.5 Å². The molecular weight excluding hydrogens is 407 g/mol. The lowest BCUT2D eigenvalue weighted by molar-refractivity contribution is -0.385. The van der Waals surface area contributed by atoms with Crippen molar-refractivity contribution < 1.29 is 31.6 Å². The van der Waals surface area contributed by atoms with Gasteiger partial charge in [0.2, 0.25) is 15.6 Å². The van der Waals surface area contributed by atoms with Crippen molar-refractivity contribution in [3.05, 3.63) is 46.5 Å². The summed E-state index contributed by atoms with van der Waals surface area (Å²) in [5.74, 6) is -0.642. The molecule has 1 aromatic carbocycles. The fraction of sp³-hybridized carbons (Fsp3) is 0.357. The molecule has 154 valence electrons. The lowest BCUT2D eigenvalue weighted by Crippen LogP contribution is -2.45. The number of aryl methyl sites for hydroxylation is 1. The van der Waals surface area contributed by atoms with E-state index in [1.807, 2.05) is 0 Å². The maximum Gasteiger partial charge on any atom is 0.424 e. The molecule has 0 fully saturated rings. The van der Waals surface area contributed by atoms with Crippen LogP contribution in [-0.2, 0) is 22.7 Å². The summed E-state index contributed by atoms with van der Waals surface area (Å²) in [5, 5.41) is 28.5. The number of hydrogen-bond acceptors (Lipinski definition) is 7. The van der Waals surface area contributed by atoms with E-state index in [0.29, 0.717) is 6.07 Å². The molecule has 0 saturated heterocycles. The molecule has 0 bridgehead atoms. The van der Waals surface area contributed by atoms with Crippen molar-refractivity contribution in [1.82, 2.24) is 9.55 Å². The molecule has 1 unspecified atom stereocenters. The molecule has 0 radical (unpaired) electrons. The van der Waals surface area contributed by atoms with Gasteiger partial charge >= 0.3 is 6.18 Å². The van der Waals surface area contributed by atoms with Gasteiger partial charge in [-0.05, 0) is 6.07 Å². The molecule has 1 aromatic heterocycles. The van der Waals surface area contributed by atoms with Crippen LogP contribution < -0.4 is 10.5 Å². The zero-order valence-electron chi connectivity index (χ0n) is 14.3. The predicted octanol–water partition coefficient (Wildman–Crippen LogP) is 1.23. The van der Waals surface area contributed by atoms with E-state index in [1.165, 1.54) is 13.2 Å². The maximum absolute atomic E-state index is 13.5. The lowest BCUT2D eigenvalue weighted by atomic mass is 9.97. The Morgan fingerprint density at radius 2 is 2.04 bits per heavy atom. The number of rotatable bonds is 7. The number of nitrogens with zero attached hydrogens (tertiary/aromatic N) is 3. The average Bonchev–Trinajstić information content (AvgIpc) is 2.99. The van der Waals surface area contributed by atoms with Crippen LogP contribution in [0.1, 0.15) is 12.2 Å². The monoisotopic (exact) mass is 423 g/mol. The van der Waals surface area contributed by atoms with Crippen LogP contribution >= 0.6 is 0 Å². The number of alkyl halides is 3. The van der Waals surface area contributed by atoms with Gasteiger partial charge in [-0.3, -0.25) is 10.1 Å². The minimum Gasteiger partial charge on any atom is -0.384 e. The summed E-state index contributed by atoms with van der Waals surface area (Å²) in [6, 6.07) is 2.66. The van der Waals surface area contributed by atoms with Gasteiger partial charge in [0.1, 0.15) is 10.7 Å². The van der Waals surface area contributed by atoms with Gasteiger partial charge in [-0.25, -0.2) is 18.5 Å². The van der Waals surface area contributed by atoms with Gasteiger partial charge in [0.15, 0.2) is 0 Å². The van der Waals surface area contributed by atoms with Crippen LogP contribution in [0, 0.1) is 10.1 Å². The van der Waals surface area contributed by atoms with Crippen molar-refractivity contribution in [3.8, 4) is 0 Å². The van der Waals surface area contributed by atoms with Crippen molar-refractivity contribution in [3.63, 3.8) is 0 Å². The number of nitro groups is 1. The summed E-state index contributed by atoms with van der Waals surface area (Å²) in [6.45, 7) is -0.538. The van der Waals surface area contributed by atoms with Crippen molar-refractivity contribution >= 4 is 21.4 Å². The number of primary sulfonamides is 1. The minimum absolute atomic E-state index is 0.238. The van der Waals surface area contributed by atoms with E-state index in [-0.39, 0.29) is 5.69 Å². The quantitative estimate of drug-likeness (QED) is 0.447. The summed E-state index contributed by atoms with van der Waals surface area (Å²) in [5.41, 5.74) is -4.10. The van der Waals surface area contributed by atoms with Gasteiger partial charge in [0.25, 0.3) is 5.69 Å². The molecule has 0 aliphatic rings. The predicted molar refractivity (Wildman–Crippen MR) is 90.7 cm³/mol. The van der Waals surface area contributed by atoms with Crippen molar-refractivity contribution in [2.75, 3.05) is 11.9 Å². The fourth-order valence-corrected chi connectivity index (χ4v) is 3.26. The summed E-state index contributed by atoms with van der Waals surface area (Å²) in [6.07, 6.45) is -3.65. The highest BCUT2D eigenvalue weighted by Crippen LogP contribution is 2.40. The smallest absolute Gasteiger partial charge is 0.384 e.